The summed E-state index contributed by atoms with van der Waals surface area (Å²) >= 11 is 0. The van der Waals surface area contributed by atoms with Crippen LogP contribution in [0.15, 0.2) is 23.2 Å². The van der Waals surface area contributed by atoms with Crippen molar-refractivity contribution in [1.29, 1.82) is 5.26 Å². The van der Waals surface area contributed by atoms with Crippen LogP contribution in [0.4, 0.5) is 0 Å². The van der Waals surface area contributed by atoms with Gasteiger partial charge in [-0.25, -0.2) is 18.1 Å². The van der Waals surface area contributed by atoms with E-state index in [4.69, 9.17) is 5.26 Å². The summed E-state index contributed by atoms with van der Waals surface area (Å²) in [7, 11) is -3.48. The van der Waals surface area contributed by atoms with Gasteiger partial charge in [-0.1, -0.05) is 6.42 Å². The third-order valence-corrected chi connectivity index (χ3v) is 4.36. The van der Waals surface area contributed by atoms with Crippen molar-refractivity contribution in [1.82, 2.24) is 9.71 Å². The molecule has 6 heteroatoms. The van der Waals surface area contributed by atoms with E-state index < -0.39 is 10.0 Å². The van der Waals surface area contributed by atoms with Crippen molar-refractivity contribution in [3.05, 3.63) is 24.0 Å². The van der Waals surface area contributed by atoms with E-state index in [-0.39, 0.29) is 10.6 Å². The van der Waals surface area contributed by atoms with Gasteiger partial charge in [-0.3, -0.25) is 0 Å². The molecule has 0 saturated heterocycles. The second kappa shape index (κ2) is 4.82. The maximum absolute atomic E-state index is 11.8. The number of aromatic nitrogens is 1. The van der Waals surface area contributed by atoms with Crippen molar-refractivity contribution in [3.8, 4) is 6.07 Å². The Morgan fingerprint density at radius 1 is 1.47 bits per heavy atom. The summed E-state index contributed by atoms with van der Waals surface area (Å²) in [4.78, 5) is 3.85. The van der Waals surface area contributed by atoms with Crippen molar-refractivity contribution >= 4 is 10.0 Å². The molecule has 0 bridgehead atoms. The van der Waals surface area contributed by atoms with E-state index >= 15 is 0 Å². The smallest absolute Gasteiger partial charge is 0.242 e. The molecule has 5 nitrogen and oxygen atoms in total. The number of pyridine rings is 1. The molecule has 0 atom stereocenters. The molecular weight excluding hydrogens is 238 g/mol. The highest BCUT2D eigenvalue weighted by molar-refractivity contribution is 7.89. The van der Waals surface area contributed by atoms with Crippen LogP contribution < -0.4 is 4.72 Å². The lowest BCUT2D eigenvalue weighted by molar-refractivity contribution is 0.316. The van der Waals surface area contributed by atoms with E-state index in [2.05, 4.69) is 9.71 Å². The van der Waals surface area contributed by atoms with Gasteiger partial charge < -0.3 is 0 Å². The first-order chi connectivity index (χ1) is 8.12. The van der Waals surface area contributed by atoms with Crippen molar-refractivity contribution in [2.45, 2.75) is 24.2 Å². The highest BCUT2D eigenvalue weighted by Gasteiger charge is 2.21. The summed E-state index contributed by atoms with van der Waals surface area (Å²) in [6.07, 6.45) is 4.58. The van der Waals surface area contributed by atoms with Crippen molar-refractivity contribution in [2.24, 2.45) is 5.92 Å². The third kappa shape index (κ3) is 2.81. The second-order valence-corrected chi connectivity index (χ2v) is 5.91. The van der Waals surface area contributed by atoms with Gasteiger partial charge in [0.15, 0.2) is 0 Å². The van der Waals surface area contributed by atoms with Gasteiger partial charge in [-0.05, 0) is 30.9 Å². The predicted molar refractivity (Wildman–Crippen MR) is 61.5 cm³/mol. The first-order valence-corrected chi connectivity index (χ1v) is 6.96. The summed E-state index contributed by atoms with van der Waals surface area (Å²) in [5, 5.41) is 8.57. The maximum atomic E-state index is 11.8. The quantitative estimate of drug-likeness (QED) is 0.866. The minimum absolute atomic E-state index is 0.107. The van der Waals surface area contributed by atoms with Crippen LogP contribution in [0.2, 0.25) is 0 Å². The fourth-order valence-corrected chi connectivity index (χ4v) is 2.67. The lowest BCUT2D eigenvalue weighted by atomic mass is 9.86. The van der Waals surface area contributed by atoms with Crippen molar-refractivity contribution in [3.63, 3.8) is 0 Å². The van der Waals surface area contributed by atoms with Crippen LogP contribution in [0.25, 0.3) is 0 Å². The number of hydrogen-bond donors (Lipinski definition) is 1. The number of hydrogen-bond acceptors (Lipinski definition) is 4. The van der Waals surface area contributed by atoms with Gasteiger partial charge in [0.25, 0.3) is 0 Å². The highest BCUT2D eigenvalue weighted by Crippen LogP contribution is 2.25. The van der Waals surface area contributed by atoms with Crippen LogP contribution in [0.5, 0.6) is 0 Å². The molecule has 1 aromatic rings. The SMILES string of the molecule is N#Cc1ccc(S(=O)(=O)NCC2CCC2)cn1. The Labute approximate surface area is 101 Å². The molecule has 17 heavy (non-hydrogen) atoms. The first-order valence-electron chi connectivity index (χ1n) is 5.47. The zero-order valence-electron chi connectivity index (χ0n) is 9.26. The molecule has 1 fully saturated rings. The molecule has 2 rings (SSSR count). The molecule has 0 aromatic carbocycles. The standard InChI is InChI=1S/C11H13N3O2S/c12-6-10-4-5-11(8-13-10)17(15,16)14-7-9-2-1-3-9/h4-5,8-9,14H,1-3,7H2. The Balaban J connectivity index is 2.05. The molecule has 0 amide bonds. The molecule has 1 aromatic heterocycles. The number of rotatable bonds is 4. The van der Waals surface area contributed by atoms with Gasteiger partial charge in [-0.15, -0.1) is 0 Å². The van der Waals surface area contributed by atoms with Crippen LogP contribution in [0.3, 0.4) is 0 Å². The zero-order valence-corrected chi connectivity index (χ0v) is 10.1. The predicted octanol–water partition coefficient (Wildman–Crippen LogP) is 1.03. The monoisotopic (exact) mass is 251 g/mol. The Kier molecular flexibility index (Phi) is 3.41. The van der Waals surface area contributed by atoms with Gasteiger partial charge in [-0.2, -0.15) is 5.26 Å². The van der Waals surface area contributed by atoms with Gasteiger partial charge in [0.2, 0.25) is 10.0 Å². The number of sulfonamides is 1. The fourth-order valence-electron chi connectivity index (χ4n) is 1.61. The Morgan fingerprint density at radius 3 is 2.71 bits per heavy atom. The van der Waals surface area contributed by atoms with E-state index in [0.717, 1.165) is 12.8 Å². The second-order valence-electron chi connectivity index (χ2n) is 4.14. The Hall–Kier alpha value is -1.45. The molecule has 0 aliphatic heterocycles. The van der Waals surface area contributed by atoms with E-state index in [9.17, 15) is 8.42 Å². The van der Waals surface area contributed by atoms with E-state index in [1.54, 1.807) is 0 Å². The van der Waals surface area contributed by atoms with E-state index in [1.807, 2.05) is 6.07 Å². The van der Waals surface area contributed by atoms with Gasteiger partial charge in [0.05, 0.1) is 0 Å². The van der Waals surface area contributed by atoms with Crippen LogP contribution in [-0.2, 0) is 10.0 Å². The lowest BCUT2D eigenvalue weighted by Crippen LogP contribution is -2.32. The van der Waals surface area contributed by atoms with E-state index in [1.165, 1.54) is 24.8 Å². The third-order valence-electron chi connectivity index (χ3n) is 2.95. The van der Waals surface area contributed by atoms with Crippen LogP contribution in [0.1, 0.15) is 25.0 Å². The average Bonchev–Trinajstić information content (AvgIpc) is 2.27. The molecule has 1 N–H and O–H groups in total. The van der Waals surface area contributed by atoms with Crippen molar-refractivity contribution in [2.75, 3.05) is 6.54 Å². The Bertz CT molecular complexity index is 527. The minimum Gasteiger partial charge on any atom is -0.244 e. The van der Waals surface area contributed by atoms with Gasteiger partial charge >= 0.3 is 0 Å². The maximum Gasteiger partial charge on any atom is 0.242 e. The number of nitrogens with one attached hydrogen (secondary N) is 1. The molecule has 0 unspecified atom stereocenters. The Morgan fingerprint density at radius 2 is 2.24 bits per heavy atom. The number of nitrogens with zero attached hydrogens (tertiary/aromatic N) is 2. The normalized spacial score (nSPS) is 16.2. The van der Waals surface area contributed by atoms with Crippen molar-refractivity contribution < 1.29 is 8.42 Å². The molecule has 90 valence electrons. The highest BCUT2D eigenvalue weighted by atomic mass is 32.2. The summed E-state index contributed by atoms with van der Waals surface area (Å²) in [5.41, 5.74) is 0.211. The van der Waals surface area contributed by atoms with Crippen LogP contribution in [-0.4, -0.2) is 19.9 Å². The summed E-state index contributed by atoms with van der Waals surface area (Å²) in [6.45, 7) is 0.488. The summed E-state index contributed by atoms with van der Waals surface area (Å²) in [6, 6.07) is 4.65. The molecular formula is C11H13N3O2S. The summed E-state index contributed by atoms with van der Waals surface area (Å²) in [5.74, 6) is 0.469. The fraction of sp³-hybridized carbons (Fsp3) is 0.455. The molecule has 1 aliphatic rings. The summed E-state index contributed by atoms with van der Waals surface area (Å²) < 4.78 is 26.2. The molecule has 0 radical (unpaired) electrons. The zero-order chi connectivity index (χ0) is 12.3. The first kappa shape index (κ1) is 12.0. The van der Waals surface area contributed by atoms with E-state index in [0.29, 0.717) is 12.5 Å². The molecule has 1 aliphatic carbocycles. The molecule has 0 spiro atoms. The topological polar surface area (TPSA) is 82.8 Å². The molecule has 1 heterocycles. The van der Waals surface area contributed by atoms with Crippen LogP contribution in [0, 0.1) is 17.2 Å². The number of nitriles is 1. The minimum atomic E-state index is -3.48. The van der Waals surface area contributed by atoms with Gasteiger partial charge in [0.1, 0.15) is 16.7 Å². The lowest BCUT2D eigenvalue weighted by Gasteiger charge is -2.25. The molecule has 1 saturated carbocycles. The largest absolute Gasteiger partial charge is 0.244 e. The average molecular weight is 251 g/mol. The van der Waals surface area contributed by atoms with Crippen LogP contribution >= 0.6 is 0 Å². The van der Waals surface area contributed by atoms with Gasteiger partial charge in [0, 0.05) is 12.7 Å².